The van der Waals surface area contributed by atoms with Crippen molar-refractivity contribution in [2.24, 2.45) is 0 Å². The maximum Gasteiger partial charge on any atom is 0.200 e. The third-order valence-corrected chi connectivity index (χ3v) is 4.59. The van der Waals surface area contributed by atoms with Crippen molar-refractivity contribution in [3.63, 3.8) is 0 Å². The van der Waals surface area contributed by atoms with E-state index in [0.29, 0.717) is 6.04 Å². The molecule has 0 spiro atoms. The maximum absolute atomic E-state index is 4.79. The molecule has 0 bridgehead atoms. The highest BCUT2D eigenvalue weighted by molar-refractivity contribution is 5.47. The summed E-state index contributed by atoms with van der Waals surface area (Å²) in [6, 6.07) is 8.55. The molecule has 0 N–H and O–H groups in total. The fourth-order valence-electron chi connectivity index (χ4n) is 3.06. The molecule has 0 unspecified atom stereocenters. The summed E-state index contributed by atoms with van der Waals surface area (Å²) in [5.74, 6) is 1.79. The number of aromatic nitrogens is 5. The van der Waals surface area contributed by atoms with Gasteiger partial charge in [0.15, 0.2) is 5.82 Å². The molecule has 122 valence electrons. The molecule has 1 aliphatic carbocycles. The Labute approximate surface area is 141 Å². The van der Waals surface area contributed by atoms with Gasteiger partial charge >= 0.3 is 0 Å². The van der Waals surface area contributed by atoms with E-state index in [2.05, 4.69) is 27.6 Å². The first-order valence-corrected chi connectivity index (χ1v) is 8.57. The molecule has 1 fully saturated rings. The van der Waals surface area contributed by atoms with Gasteiger partial charge in [0.2, 0.25) is 0 Å². The third kappa shape index (κ3) is 3.07. The van der Waals surface area contributed by atoms with Gasteiger partial charge in [-0.15, -0.1) is 5.10 Å². The Morgan fingerprint density at radius 2 is 2.08 bits per heavy atom. The van der Waals surface area contributed by atoms with E-state index in [1.807, 2.05) is 30.6 Å². The largest absolute Gasteiger partial charge is 0.264 e. The van der Waals surface area contributed by atoms with Crippen molar-refractivity contribution < 1.29 is 0 Å². The molecule has 0 saturated heterocycles. The van der Waals surface area contributed by atoms with Crippen molar-refractivity contribution in [3.05, 3.63) is 59.8 Å². The van der Waals surface area contributed by atoms with Gasteiger partial charge < -0.3 is 0 Å². The normalized spacial score (nSPS) is 14.5. The first kappa shape index (κ1) is 15.0. The molecule has 3 heterocycles. The molecular weight excluding hydrogens is 298 g/mol. The summed E-state index contributed by atoms with van der Waals surface area (Å²) < 4.78 is 2.14. The van der Waals surface area contributed by atoms with Gasteiger partial charge in [0.25, 0.3) is 0 Å². The van der Waals surface area contributed by atoms with E-state index in [1.165, 1.54) is 30.4 Å². The molecule has 0 radical (unpaired) electrons. The van der Waals surface area contributed by atoms with Crippen molar-refractivity contribution in [2.45, 2.75) is 45.1 Å². The molecule has 0 aliphatic heterocycles. The van der Waals surface area contributed by atoms with Crippen LogP contribution in [0.1, 0.15) is 42.3 Å². The zero-order chi connectivity index (χ0) is 16.4. The lowest BCUT2D eigenvalue weighted by Crippen LogP contribution is -2.21. The molecule has 5 nitrogen and oxygen atoms in total. The molecule has 1 aliphatic rings. The van der Waals surface area contributed by atoms with Crippen LogP contribution in [0.5, 0.6) is 0 Å². The van der Waals surface area contributed by atoms with E-state index in [0.717, 1.165) is 30.2 Å². The van der Waals surface area contributed by atoms with Crippen LogP contribution in [0.2, 0.25) is 0 Å². The number of aryl methyl sites for hydroxylation is 3. The van der Waals surface area contributed by atoms with E-state index in [1.54, 1.807) is 6.20 Å². The number of pyridine rings is 2. The highest BCUT2D eigenvalue weighted by Crippen LogP contribution is 2.32. The van der Waals surface area contributed by atoms with E-state index in [-0.39, 0.29) is 0 Å². The van der Waals surface area contributed by atoms with Crippen molar-refractivity contribution in [1.29, 1.82) is 0 Å². The summed E-state index contributed by atoms with van der Waals surface area (Å²) in [7, 11) is 0. The molecule has 3 aromatic heterocycles. The zero-order valence-corrected chi connectivity index (χ0v) is 13.9. The fourth-order valence-corrected chi connectivity index (χ4v) is 3.06. The van der Waals surface area contributed by atoms with Gasteiger partial charge in [-0.2, -0.15) is 0 Å². The second-order valence-corrected chi connectivity index (χ2v) is 6.47. The van der Waals surface area contributed by atoms with Gasteiger partial charge in [-0.25, -0.2) is 9.67 Å². The van der Waals surface area contributed by atoms with Crippen molar-refractivity contribution in [1.82, 2.24) is 24.7 Å². The number of nitrogens with zero attached hydrogens (tertiary/aromatic N) is 5. The quantitative estimate of drug-likeness (QED) is 0.721. The van der Waals surface area contributed by atoms with E-state index < -0.39 is 0 Å². The molecule has 0 atom stereocenters. The lowest BCUT2D eigenvalue weighted by molar-refractivity contribution is 0.281. The molecule has 3 aromatic rings. The Morgan fingerprint density at radius 3 is 2.79 bits per heavy atom. The van der Waals surface area contributed by atoms with Crippen molar-refractivity contribution >= 4 is 0 Å². The van der Waals surface area contributed by atoms with Crippen LogP contribution in [0.4, 0.5) is 0 Å². The van der Waals surface area contributed by atoms with Crippen LogP contribution >= 0.6 is 0 Å². The highest BCUT2D eigenvalue weighted by Gasteiger charge is 2.24. The number of rotatable bonds is 5. The van der Waals surface area contributed by atoms with Crippen LogP contribution in [0, 0.1) is 6.92 Å². The van der Waals surface area contributed by atoms with Gasteiger partial charge in [-0.1, -0.05) is 12.1 Å². The minimum Gasteiger partial charge on any atom is -0.264 e. The minimum atomic E-state index is 0.501. The Kier molecular flexibility index (Phi) is 4.07. The van der Waals surface area contributed by atoms with E-state index in [9.17, 15) is 0 Å². The lowest BCUT2D eigenvalue weighted by atomic mass is 9.93. The molecule has 5 heteroatoms. The van der Waals surface area contributed by atoms with Crippen molar-refractivity contribution in [3.8, 4) is 11.5 Å². The van der Waals surface area contributed by atoms with Crippen LogP contribution in [0.3, 0.4) is 0 Å². The first-order valence-electron chi connectivity index (χ1n) is 8.57. The monoisotopic (exact) mass is 319 g/mol. The molecule has 1 saturated carbocycles. The molecular formula is C19H21N5. The van der Waals surface area contributed by atoms with Gasteiger partial charge in [0, 0.05) is 25.0 Å². The summed E-state index contributed by atoms with van der Waals surface area (Å²) in [6.45, 7) is 2.08. The average Bonchev–Trinajstić information content (AvgIpc) is 2.96. The summed E-state index contributed by atoms with van der Waals surface area (Å²) in [5.41, 5.74) is 3.29. The lowest BCUT2D eigenvalue weighted by Gasteiger charge is -2.26. The maximum atomic E-state index is 4.79. The number of hydrogen-bond acceptors (Lipinski definition) is 4. The molecule has 4 rings (SSSR count). The predicted molar refractivity (Wildman–Crippen MR) is 92.5 cm³/mol. The molecule has 0 aromatic carbocycles. The summed E-state index contributed by atoms with van der Waals surface area (Å²) in [6.07, 6.45) is 11.1. The fraction of sp³-hybridized carbons (Fsp3) is 0.368. The highest BCUT2D eigenvalue weighted by atomic mass is 15.4. The van der Waals surface area contributed by atoms with E-state index >= 15 is 0 Å². The summed E-state index contributed by atoms with van der Waals surface area (Å²) in [4.78, 5) is 13.5. The molecule has 0 amide bonds. The van der Waals surface area contributed by atoms with Crippen LogP contribution in [0.25, 0.3) is 11.5 Å². The Hall–Kier alpha value is -2.56. The SMILES string of the molecule is Cc1cncc(CCc2nc(-c3ccccn3)nn2C2CCC2)c1. The summed E-state index contributed by atoms with van der Waals surface area (Å²) in [5, 5.41) is 4.76. The smallest absolute Gasteiger partial charge is 0.200 e. The molecule has 24 heavy (non-hydrogen) atoms. The average molecular weight is 319 g/mol. The van der Waals surface area contributed by atoms with Crippen LogP contribution in [-0.2, 0) is 12.8 Å². The van der Waals surface area contributed by atoms with Crippen LogP contribution in [0.15, 0.2) is 42.9 Å². The topological polar surface area (TPSA) is 56.5 Å². The minimum absolute atomic E-state index is 0.501. The zero-order valence-electron chi connectivity index (χ0n) is 13.9. The Morgan fingerprint density at radius 1 is 1.17 bits per heavy atom. The van der Waals surface area contributed by atoms with Gasteiger partial charge in [-0.3, -0.25) is 9.97 Å². The standard InChI is InChI=1S/C19H21N5/c1-14-11-15(13-20-12-14)8-9-18-22-19(17-7-2-3-10-21-17)23-24(18)16-5-4-6-16/h2-3,7,10-13,16H,4-6,8-9H2,1H3. The van der Waals surface area contributed by atoms with Gasteiger partial charge in [0.05, 0.1) is 6.04 Å². The van der Waals surface area contributed by atoms with E-state index in [4.69, 9.17) is 10.1 Å². The van der Waals surface area contributed by atoms with Crippen LogP contribution in [-0.4, -0.2) is 24.7 Å². The summed E-state index contributed by atoms with van der Waals surface area (Å²) >= 11 is 0. The first-order chi connectivity index (χ1) is 11.8. The second-order valence-electron chi connectivity index (χ2n) is 6.47. The predicted octanol–water partition coefficient (Wildman–Crippen LogP) is 3.55. The second kappa shape index (κ2) is 6.51. The Bertz CT molecular complexity index is 821. The van der Waals surface area contributed by atoms with Crippen molar-refractivity contribution in [2.75, 3.05) is 0 Å². The Balaban J connectivity index is 1.59. The van der Waals surface area contributed by atoms with Gasteiger partial charge in [-0.05, 0) is 55.9 Å². The van der Waals surface area contributed by atoms with Gasteiger partial charge in [0.1, 0.15) is 11.5 Å². The number of hydrogen-bond donors (Lipinski definition) is 0. The van der Waals surface area contributed by atoms with Crippen LogP contribution < -0.4 is 0 Å². The third-order valence-electron chi connectivity index (χ3n) is 4.59.